The first-order valence-electron chi connectivity index (χ1n) is 6.11. The number of aromatic nitrogens is 1. The number of hydrogen-bond acceptors (Lipinski definition) is 3. The van der Waals surface area contributed by atoms with Crippen LogP contribution in [-0.2, 0) is 6.42 Å². The number of nitrogens with zero attached hydrogens (tertiary/aromatic N) is 1. The van der Waals surface area contributed by atoms with Crippen molar-refractivity contribution < 1.29 is 9.90 Å². The first kappa shape index (κ1) is 13.6. The fourth-order valence-corrected chi connectivity index (χ4v) is 2.56. The highest BCUT2D eigenvalue weighted by Crippen LogP contribution is 2.20. The van der Waals surface area contributed by atoms with Crippen LogP contribution in [-0.4, -0.2) is 21.8 Å². The summed E-state index contributed by atoms with van der Waals surface area (Å²) < 4.78 is 0. The van der Waals surface area contributed by atoms with E-state index in [0.717, 1.165) is 23.5 Å². The highest BCUT2D eigenvalue weighted by molar-refractivity contribution is 7.99. The molecule has 1 heterocycles. The Balaban J connectivity index is 1.75. The van der Waals surface area contributed by atoms with Gasteiger partial charge in [0, 0.05) is 17.3 Å². The largest absolute Gasteiger partial charge is 0.478 e. The third-order valence-electron chi connectivity index (χ3n) is 2.73. The van der Waals surface area contributed by atoms with Gasteiger partial charge in [-0.1, -0.05) is 0 Å². The molecule has 2 aromatic rings. The van der Waals surface area contributed by atoms with Gasteiger partial charge in [0.1, 0.15) is 0 Å². The number of hydrogen-bond donors (Lipinski definition) is 1. The summed E-state index contributed by atoms with van der Waals surface area (Å²) >= 11 is 1.75. The van der Waals surface area contributed by atoms with Crippen LogP contribution >= 0.6 is 11.8 Å². The molecule has 0 bridgehead atoms. The Morgan fingerprint density at radius 3 is 2.42 bits per heavy atom. The van der Waals surface area contributed by atoms with Crippen LogP contribution in [0.1, 0.15) is 22.3 Å². The molecule has 0 aliphatic carbocycles. The topological polar surface area (TPSA) is 50.2 Å². The Morgan fingerprint density at radius 2 is 1.79 bits per heavy atom. The number of rotatable bonds is 6. The molecule has 2 rings (SSSR count). The summed E-state index contributed by atoms with van der Waals surface area (Å²) in [5, 5.41) is 8.80. The van der Waals surface area contributed by atoms with Crippen LogP contribution in [0.2, 0.25) is 0 Å². The summed E-state index contributed by atoms with van der Waals surface area (Å²) in [7, 11) is 0. The van der Waals surface area contributed by atoms with Crippen LogP contribution < -0.4 is 0 Å². The molecule has 0 atom stereocenters. The van der Waals surface area contributed by atoms with Crippen molar-refractivity contribution >= 4 is 17.7 Å². The summed E-state index contributed by atoms with van der Waals surface area (Å²) in [4.78, 5) is 15.8. The maximum atomic E-state index is 10.7. The molecule has 1 aromatic carbocycles. The fourth-order valence-electron chi connectivity index (χ4n) is 1.71. The average Bonchev–Trinajstić information content (AvgIpc) is 2.45. The van der Waals surface area contributed by atoms with Gasteiger partial charge in [0.25, 0.3) is 0 Å². The summed E-state index contributed by atoms with van der Waals surface area (Å²) in [5.74, 6) is 0.142. The zero-order chi connectivity index (χ0) is 13.5. The molecule has 0 unspecified atom stereocenters. The van der Waals surface area contributed by atoms with E-state index in [1.807, 2.05) is 36.7 Å². The number of thioether (sulfide) groups is 1. The van der Waals surface area contributed by atoms with Gasteiger partial charge < -0.3 is 5.11 Å². The van der Waals surface area contributed by atoms with Crippen LogP contribution in [0.5, 0.6) is 0 Å². The number of benzene rings is 1. The summed E-state index contributed by atoms with van der Waals surface area (Å²) in [6.45, 7) is 0. The van der Waals surface area contributed by atoms with Crippen molar-refractivity contribution in [2.75, 3.05) is 5.75 Å². The number of aromatic carboxylic acids is 1. The molecule has 0 fully saturated rings. The minimum absolute atomic E-state index is 0.334. The predicted molar refractivity (Wildman–Crippen MR) is 76.7 cm³/mol. The maximum absolute atomic E-state index is 10.7. The highest BCUT2D eigenvalue weighted by atomic mass is 32.2. The van der Waals surface area contributed by atoms with Gasteiger partial charge in [-0.05, 0) is 60.6 Å². The summed E-state index contributed by atoms with van der Waals surface area (Å²) in [6.07, 6.45) is 5.76. The van der Waals surface area contributed by atoms with E-state index in [0.29, 0.717) is 5.56 Å². The van der Waals surface area contributed by atoms with Gasteiger partial charge in [-0.2, -0.15) is 0 Å². The van der Waals surface area contributed by atoms with Crippen molar-refractivity contribution in [1.82, 2.24) is 4.98 Å². The summed E-state index contributed by atoms with van der Waals surface area (Å²) in [5.41, 5.74) is 1.64. The van der Waals surface area contributed by atoms with E-state index in [1.54, 1.807) is 23.9 Å². The molecule has 0 aliphatic heterocycles. The van der Waals surface area contributed by atoms with Crippen LogP contribution in [0.3, 0.4) is 0 Å². The number of aryl methyl sites for hydroxylation is 1. The van der Waals surface area contributed by atoms with Crippen molar-refractivity contribution in [3.63, 3.8) is 0 Å². The van der Waals surface area contributed by atoms with Gasteiger partial charge in [0.05, 0.1) is 5.56 Å². The lowest BCUT2D eigenvalue weighted by atomic mass is 10.2. The first-order chi connectivity index (χ1) is 9.25. The predicted octanol–water partition coefficient (Wildman–Crippen LogP) is 3.50. The molecule has 0 radical (unpaired) electrons. The molecular weight excluding hydrogens is 258 g/mol. The van der Waals surface area contributed by atoms with Gasteiger partial charge in [0.2, 0.25) is 0 Å². The lowest BCUT2D eigenvalue weighted by molar-refractivity contribution is 0.0697. The Hall–Kier alpha value is -1.81. The molecule has 1 N–H and O–H groups in total. The second kappa shape index (κ2) is 6.95. The Labute approximate surface area is 116 Å². The second-order valence-corrected chi connectivity index (χ2v) is 5.31. The lowest BCUT2D eigenvalue weighted by Crippen LogP contribution is -1.94. The van der Waals surface area contributed by atoms with Crippen molar-refractivity contribution in [3.05, 3.63) is 59.9 Å². The molecular formula is C15H15NO2S. The van der Waals surface area contributed by atoms with Crippen molar-refractivity contribution in [2.24, 2.45) is 0 Å². The zero-order valence-electron chi connectivity index (χ0n) is 10.5. The molecule has 98 valence electrons. The Bertz CT molecular complexity index is 526. The lowest BCUT2D eigenvalue weighted by Gasteiger charge is -2.03. The molecule has 0 saturated heterocycles. The van der Waals surface area contributed by atoms with Crippen LogP contribution in [0.4, 0.5) is 0 Å². The maximum Gasteiger partial charge on any atom is 0.335 e. The van der Waals surface area contributed by atoms with Gasteiger partial charge in [-0.3, -0.25) is 4.98 Å². The smallest absolute Gasteiger partial charge is 0.335 e. The number of pyridine rings is 1. The van der Waals surface area contributed by atoms with E-state index >= 15 is 0 Å². The van der Waals surface area contributed by atoms with Gasteiger partial charge >= 0.3 is 5.97 Å². The molecule has 4 heteroatoms. The average molecular weight is 273 g/mol. The minimum atomic E-state index is -0.880. The van der Waals surface area contributed by atoms with Crippen LogP contribution in [0, 0.1) is 0 Å². The summed E-state index contributed by atoms with van der Waals surface area (Å²) in [6, 6.07) is 11.1. The van der Waals surface area contributed by atoms with E-state index in [4.69, 9.17) is 5.11 Å². The molecule has 0 spiro atoms. The third kappa shape index (κ3) is 4.41. The van der Waals surface area contributed by atoms with E-state index in [2.05, 4.69) is 4.98 Å². The van der Waals surface area contributed by atoms with Gasteiger partial charge in [-0.15, -0.1) is 11.8 Å². The van der Waals surface area contributed by atoms with Gasteiger partial charge in [0.15, 0.2) is 0 Å². The minimum Gasteiger partial charge on any atom is -0.478 e. The molecule has 0 amide bonds. The fraction of sp³-hybridized carbons (Fsp3) is 0.200. The SMILES string of the molecule is O=C(O)c1ccc(SCCCc2ccncc2)cc1. The highest BCUT2D eigenvalue weighted by Gasteiger charge is 2.01. The Kier molecular flexibility index (Phi) is 4.98. The molecule has 19 heavy (non-hydrogen) atoms. The quantitative estimate of drug-likeness (QED) is 0.646. The Morgan fingerprint density at radius 1 is 1.11 bits per heavy atom. The monoisotopic (exact) mass is 273 g/mol. The van der Waals surface area contributed by atoms with E-state index < -0.39 is 5.97 Å². The van der Waals surface area contributed by atoms with Crippen LogP contribution in [0.25, 0.3) is 0 Å². The van der Waals surface area contributed by atoms with E-state index in [9.17, 15) is 4.79 Å². The number of carbonyl (C=O) groups is 1. The molecule has 3 nitrogen and oxygen atoms in total. The number of carboxylic acids is 1. The van der Waals surface area contributed by atoms with E-state index in [1.165, 1.54) is 5.56 Å². The van der Waals surface area contributed by atoms with Crippen molar-refractivity contribution in [1.29, 1.82) is 0 Å². The van der Waals surface area contributed by atoms with Gasteiger partial charge in [-0.25, -0.2) is 4.79 Å². The molecule has 0 saturated carbocycles. The normalized spacial score (nSPS) is 10.3. The zero-order valence-corrected chi connectivity index (χ0v) is 11.3. The number of carboxylic acid groups (broad SMARTS) is 1. The van der Waals surface area contributed by atoms with Crippen LogP contribution in [0.15, 0.2) is 53.7 Å². The first-order valence-corrected chi connectivity index (χ1v) is 7.09. The van der Waals surface area contributed by atoms with Crippen molar-refractivity contribution in [3.8, 4) is 0 Å². The van der Waals surface area contributed by atoms with E-state index in [-0.39, 0.29) is 0 Å². The standard InChI is InChI=1S/C15H15NO2S/c17-15(18)13-3-5-14(6-4-13)19-11-1-2-12-7-9-16-10-8-12/h3-10H,1-2,11H2,(H,17,18). The van der Waals surface area contributed by atoms with Crippen molar-refractivity contribution in [2.45, 2.75) is 17.7 Å². The molecule has 1 aromatic heterocycles. The third-order valence-corrected chi connectivity index (χ3v) is 3.83. The molecule has 0 aliphatic rings. The second-order valence-electron chi connectivity index (χ2n) is 4.14.